The SMILES string of the molecule is C=CCCCS(=O)(=O)N(CCNC(C)=O)C(C)C(=O)O. The highest BCUT2D eigenvalue weighted by Crippen LogP contribution is 2.10. The Balaban J connectivity index is 4.85. The van der Waals surface area contributed by atoms with Crippen LogP contribution >= 0.6 is 0 Å². The normalized spacial score (nSPS) is 12.9. The molecule has 0 saturated heterocycles. The number of carbonyl (C=O) groups is 2. The first-order valence-corrected chi connectivity index (χ1v) is 7.91. The van der Waals surface area contributed by atoms with Crippen LogP contribution in [0.5, 0.6) is 0 Å². The summed E-state index contributed by atoms with van der Waals surface area (Å²) in [7, 11) is -3.68. The van der Waals surface area contributed by atoms with Crippen molar-refractivity contribution in [2.45, 2.75) is 32.7 Å². The molecule has 8 heteroatoms. The van der Waals surface area contributed by atoms with E-state index in [9.17, 15) is 18.0 Å². The fraction of sp³-hybridized carbons (Fsp3) is 0.667. The maximum Gasteiger partial charge on any atom is 0.321 e. The van der Waals surface area contributed by atoms with Gasteiger partial charge in [-0.25, -0.2) is 8.42 Å². The molecule has 0 saturated carbocycles. The van der Waals surface area contributed by atoms with Gasteiger partial charge in [0.05, 0.1) is 5.75 Å². The third-order valence-corrected chi connectivity index (χ3v) is 4.68. The highest BCUT2D eigenvalue weighted by atomic mass is 32.2. The molecule has 0 aromatic carbocycles. The van der Waals surface area contributed by atoms with E-state index in [-0.39, 0.29) is 24.7 Å². The molecule has 0 aliphatic heterocycles. The van der Waals surface area contributed by atoms with Crippen LogP contribution in [0.1, 0.15) is 26.7 Å². The van der Waals surface area contributed by atoms with Crippen LogP contribution in [0.25, 0.3) is 0 Å². The Morgan fingerprint density at radius 1 is 1.45 bits per heavy atom. The Labute approximate surface area is 119 Å². The zero-order chi connectivity index (χ0) is 15.8. The maximum atomic E-state index is 12.1. The topological polar surface area (TPSA) is 104 Å². The highest BCUT2D eigenvalue weighted by molar-refractivity contribution is 7.89. The summed E-state index contributed by atoms with van der Waals surface area (Å²) in [6, 6.07) is -1.17. The second-order valence-corrected chi connectivity index (χ2v) is 6.40. The zero-order valence-corrected chi connectivity index (χ0v) is 12.6. The Morgan fingerprint density at radius 3 is 2.50 bits per heavy atom. The van der Waals surface area contributed by atoms with Gasteiger partial charge in [-0.05, 0) is 19.8 Å². The molecule has 1 amide bonds. The molecule has 0 spiro atoms. The minimum absolute atomic E-state index is 0.0660. The molecule has 20 heavy (non-hydrogen) atoms. The van der Waals surface area contributed by atoms with Gasteiger partial charge in [0, 0.05) is 20.0 Å². The van der Waals surface area contributed by atoms with Crippen LogP contribution in [0.3, 0.4) is 0 Å². The van der Waals surface area contributed by atoms with Gasteiger partial charge in [0.1, 0.15) is 6.04 Å². The first kappa shape index (κ1) is 18.6. The number of nitrogens with one attached hydrogen (secondary N) is 1. The van der Waals surface area contributed by atoms with Crippen molar-refractivity contribution < 1.29 is 23.1 Å². The number of rotatable bonds is 10. The van der Waals surface area contributed by atoms with Crippen LogP contribution in [0.15, 0.2) is 12.7 Å². The zero-order valence-electron chi connectivity index (χ0n) is 11.8. The number of allylic oxidation sites excluding steroid dienone is 1. The van der Waals surface area contributed by atoms with E-state index in [1.165, 1.54) is 13.8 Å². The molecule has 0 aromatic rings. The lowest BCUT2D eigenvalue weighted by Crippen LogP contribution is -2.47. The van der Waals surface area contributed by atoms with Crippen molar-refractivity contribution in [2.24, 2.45) is 0 Å². The average molecular weight is 306 g/mol. The summed E-state index contributed by atoms with van der Waals surface area (Å²) in [4.78, 5) is 21.8. The van der Waals surface area contributed by atoms with Crippen molar-refractivity contribution in [2.75, 3.05) is 18.8 Å². The first-order chi connectivity index (χ1) is 9.22. The number of carboxylic acid groups (broad SMARTS) is 1. The fourth-order valence-electron chi connectivity index (χ4n) is 1.57. The van der Waals surface area contributed by atoms with Gasteiger partial charge in [0.2, 0.25) is 15.9 Å². The molecule has 0 radical (unpaired) electrons. The van der Waals surface area contributed by atoms with E-state index >= 15 is 0 Å². The molecule has 1 atom stereocenters. The van der Waals surface area contributed by atoms with Crippen LogP contribution in [-0.2, 0) is 19.6 Å². The molecule has 0 rings (SSSR count). The lowest BCUT2D eigenvalue weighted by Gasteiger charge is -2.25. The van der Waals surface area contributed by atoms with Crippen molar-refractivity contribution in [3.8, 4) is 0 Å². The monoisotopic (exact) mass is 306 g/mol. The lowest BCUT2D eigenvalue weighted by atomic mass is 10.3. The lowest BCUT2D eigenvalue weighted by molar-refractivity contribution is -0.140. The van der Waals surface area contributed by atoms with Crippen molar-refractivity contribution in [3.05, 3.63) is 12.7 Å². The number of nitrogens with zero attached hydrogens (tertiary/aromatic N) is 1. The predicted molar refractivity (Wildman–Crippen MR) is 75.7 cm³/mol. The first-order valence-electron chi connectivity index (χ1n) is 6.30. The molecule has 116 valence electrons. The molecule has 0 heterocycles. The second-order valence-electron chi connectivity index (χ2n) is 4.35. The Hall–Kier alpha value is -1.41. The minimum Gasteiger partial charge on any atom is -0.480 e. The quantitative estimate of drug-likeness (QED) is 0.443. The van der Waals surface area contributed by atoms with E-state index in [1.807, 2.05) is 0 Å². The predicted octanol–water partition coefficient (Wildman–Crippen LogP) is 0.194. The van der Waals surface area contributed by atoms with E-state index < -0.39 is 22.0 Å². The van der Waals surface area contributed by atoms with Gasteiger partial charge >= 0.3 is 5.97 Å². The summed E-state index contributed by atoms with van der Waals surface area (Å²) < 4.78 is 25.2. The van der Waals surface area contributed by atoms with Gasteiger partial charge in [-0.1, -0.05) is 6.08 Å². The molecular weight excluding hydrogens is 284 g/mol. The van der Waals surface area contributed by atoms with Crippen LogP contribution in [0.2, 0.25) is 0 Å². The fourth-order valence-corrected chi connectivity index (χ4v) is 3.27. The van der Waals surface area contributed by atoms with Crippen molar-refractivity contribution in [1.82, 2.24) is 9.62 Å². The van der Waals surface area contributed by atoms with E-state index in [0.717, 1.165) is 4.31 Å². The van der Waals surface area contributed by atoms with Gasteiger partial charge in [-0.2, -0.15) is 4.31 Å². The van der Waals surface area contributed by atoms with E-state index in [4.69, 9.17) is 5.11 Å². The summed E-state index contributed by atoms with van der Waals surface area (Å²) in [6.07, 6.45) is 2.53. The summed E-state index contributed by atoms with van der Waals surface area (Å²) in [6.45, 7) is 6.13. The minimum atomic E-state index is -3.68. The van der Waals surface area contributed by atoms with Crippen LogP contribution in [0, 0.1) is 0 Å². The summed E-state index contributed by atoms with van der Waals surface area (Å²) >= 11 is 0. The third-order valence-electron chi connectivity index (χ3n) is 2.66. The number of amides is 1. The number of hydrogen-bond donors (Lipinski definition) is 2. The molecule has 2 N–H and O–H groups in total. The number of hydrogen-bond acceptors (Lipinski definition) is 4. The summed E-state index contributed by atoms with van der Waals surface area (Å²) in [5.41, 5.74) is 0. The van der Waals surface area contributed by atoms with E-state index in [2.05, 4.69) is 11.9 Å². The molecule has 0 aromatic heterocycles. The van der Waals surface area contributed by atoms with Crippen LogP contribution < -0.4 is 5.32 Å². The smallest absolute Gasteiger partial charge is 0.321 e. The van der Waals surface area contributed by atoms with Gasteiger partial charge < -0.3 is 10.4 Å². The van der Waals surface area contributed by atoms with Crippen molar-refractivity contribution in [3.63, 3.8) is 0 Å². The Bertz CT molecular complexity index is 447. The number of carbonyl (C=O) groups excluding carboxylic acids is 1. The van der Waals surface area contributed by atoms with Gasteiger partial charge in [0.25, 0.3) is 0 Å². The molecule has 0 fully saturated rings. The van der Waals surface area contributed by atoms with E-state index in [0.29, 0.717) is 12.8 Å². The van der Waals surface area contributed by atoms with Gasteiger partial charge in [-0.15, -0.1) is 6.58 Å². The molecule has 7 nitrogen and oxygen atoms in total. The number of unbranched alkanes of at least 4 members (excludes halogenated alkanes) is 1. The third kappa shape index (κ3) is 6.67. The largest absolute Gasteiger partial charge is 0.480 e. The average Bonchev–Trinajstić information content (AvgIpc) is 2.33. The van der Waals surface area contributed by atoms with Crippen molar-refractivity contribution >= 4 is 21.9 Å². The van der Waals surface area contributed by atoms with Gasteiger partial charge in [-0.3, -0.25) is 9.59 Å². The molecular formula is C12H22N2O5S. The van der Waals surface area contributed by atoms with Crippen LogP contribution in [-0.4, -0.2) is 54.6 Å². The summed E-state index contributed by atoms with van der Waals surface area (Å²) in [5, 5.41) is 11.4. The molecule has 0 aliphatic rings. The van der Waals surface area contributed by atoms with Gasteiger partial charge in [0.15, 0.2) is 0 Å². The number of carboxylic acids is 1. The van der Waals surface area contributed by atoms with Crippen LogP contribution in [0.4, 0.5) is 0 Å². The number of aliphatic carboxylic acids is 1. The molecule has 0 bridgehead atoms. The number of sulfonamides is 1. The standard InChI is InChI=1S/C12H22N2O5S/c1-4-5-6-9-20(18,19)14(10(2)12(16)17)8-7-13-11(3)15/h4,10H,1,5-9H2,2-3H3,(H,13,15)(H,16,17). The highest BCUT2D eigenvalue weighted by Gasteiger charge is 2.30. The Morgan fingerprint density at radius 2 is 2.05 bits per heavy atom. The second kappa shape index (κ2) is 8.70. The summed E-state index contributed by atoms with van der Waals surface area (Å²) in [5.74, 6) is -1.66. The van der Waals surface area contributed by atoms with Crippen molar-refractivity contribution in [1.29, 1.82) is 0 Å². The molecule has 1 unspecified atom stereocenters. The maximum absolute atomic E-state index is 12.1. The molecule has 0 aliphatic carbocycles. The van der Waals surface area contributed by atoms with E-state index in [1.54, 1.807) is 6.08 Å². The Kier molecular flexibility index (Phi) is 8.09.